The molecule has 29 heavy (non-hydrogen) atoms. The number of fused-ring (bicyclic) bond motifs is 1. The number of carbonyl (C=O) groups excluding carboxylic acids is 2. The van der Waals surface area contributed by atoms with Gasteiger partial charge in [-0.05, 0) is 43.2 Å². The molecule has 1 unspecified atom stereocenters. The number of amides is 1. The summed E-state index contributed by atoms with van der Waals surface area (Å²) in [6.07, 6.45) is 2.89. The number of thiophene rings is 1. The molecule has 1 aliphatic heterocycles. The fourth-order valence-corrected chi connectivity index (χ4v) is 4.76. The summed E-state index contributed by atoms with van der Waals surface area (Å²) in [4.78, 5) is 27.8. The molecule has 1 aliphatic rings. The number of rotatable bonds is 8. The van der Waals surface area contributed by atoms with E-state index in [4.69, 9.17) is 9.47 Å². The molecule has 1 aromatic carbocycles. The van der Waals surface area contributed by atoms with Crippen molar-refractivity contribution < 1.29 is 24.0 Å². The van der Waals surface area contributed by atoms with Crippen molar-refractivity contribution in [3.8, 4) is 5.75 Å². The lowest BCUT2D eigenvalue weighted by Gasteiger charge is -2.22. The predicted molar refractivity (Wildman–Crippen MR) is 114 cm³/mol. The number of carbonyl (C=O) groups is 2. The first-order valence-corrected chi connectivity index (χ1v) is 11.0. The maximum Gasteiger partial charge on any atom is 0.341 e. The molecule has 1 atom stereocenters. The van der Waals surface area contributed by atoms with Crippen molar-refractivity contribution in [3.63, 3.8) is 0 Å². The number of likely N-dealkylation sites (N-methyl/N-ethyl adjacent to an activating group) is 1. The van der Waals surface area contributed by atoms with E-state index in [1.807, 2.05) is 0 Å². The van der Waals surface area contributed by atoms with Crippen molar-refractivity contribution in [2.45, 2.75) is 39.7 Å². The summed E-state index contributed by atoms with van der Waals surface area (Å²) < 4.78 is 10.6. The monoisotopic (exact) mass is 417 g/mol. The first-order valence-electron chi connectivity index (χ1n) is 10.2. The van der Waals surface area contributed by atoms with Gasteiger partial charge >= 0.3 is 5.97 Å². The van der Waals surface area contributed by atoms with Crippen LogP contribution in [0.5, 0.6) is 5.75 Å². The molecule has 156 valence electrons. The molecule has 0 saturated carbocycles. The van der Waals surface area contributed by atoms with E-state index in [9.17, 15) is 9.59 Å². The smallest absolute Gasteiger partial charge is 0.341 e. The van der Waals surface area contributed by atoms with Gasteiger partial charge in [-0.3, -0.25) is 4.79 Å². The summed E-state index contributed by atoms with van der Waals surface area (Å²) in [6.45, 7) is 7.84. The molecule has 3 rings (SSSR count). The number of quaternary nitrogens is 1. The summed E-state index contributed by atoms with van der Waals surface area (Å²) in [5.41, 5.74) is 2.06. The molecule has 1 aromatic heterocycles. The molecule has 0 fully saturated rings. The molecule has 7 heteroatoms. The normalized spacial score (nSPS) is 15.5. The van der Waals surface area contributed by atoms with Crippen LogP contribution in [0.1, 0.15) is 57.8 Å². The van der Waals surface area contributed by atoms with Gasteiger partial charge in [0.1, 0.15) is 17.3 Å². The van der Waals surface area contributed by atoms with Gasteiger partial charge in [0.2, 0.25) is 0 Å². The molecule has 0 radical (unpaired) electrons. The molecule has 0 spiro atoms. The van der Waals surface area contributed by atoms with Crippen LogP contribution in [0.4, 0.5) is 5.00 Å². The highest BCUT2D eigenvalue weighted by atomic mass is 32.1. The average molecular weight is 418 g/mol. The minimum Gasteiger partial charge on any atom is -0.494 e. The molecule has 2 heterocycles. The summed E-state index contributed by atoms with van der Waals surface area (Å²) in [5, 5.41) is 3.51. The largest absolute Gasteiger partial charge is 0.494 e. The highest BCUT2D eigenvalue weighted by Crippen LogP contribution is 2.35. The van der Waals surface area contributed by atoms with Crippen molar-refractivity contribution in [2.24, 2.45) is 0 Å². The zero-order chi connectivity index (χ0) is 20.8. The van der Waals surface area contributed by atoms with E-state index < -0.39 is 5.97 Å². The molecular weight excluding hydrogens is 388 g/mol. The Kier molecular flexibility index (Phi) is 7.28. The van der Waals surface area contributed by atoms with Crippen LogP contribution in [0.3, 0.4) is 0 Å². The van der Waals surface area contributed by atoms with Crippen molar-refractivity contribution in [2.75, 3.05) is 32.1 Å². The van der Waals surface area contributed by atoms with E-state index in [1.54, 1.807) is 24.3 Å². The van der Waals surface area contributed by atoms with Gasteiger partial charge in [-0.25, -0.2) is 4.79 Å². The van der Waals surface area contributed by atoms with Crippen LogP contribution in [0.15, 0.2) is 24.3 Å². The zero-order valence-electron chi connectivity index (χ0n) is 17.3. The Bertz CT molecular complexity index is 860. The lowest BCUT2D eigenvalue weighted by atomic mass is 10.0. The quantitative estimate of drug-likeness (QED) is 0.512. The minimum atomic E-state index is -0.391. The first kappa shape index (κ1) is 21.3. The number of hydrogen-bond acceptors (Lipinski definition) is 5. The van der Waals surface area contributed by atoms with Crippen molar-refractivity contribution in [3.05, 3.63) is 45.8 Å². The van der Waals surface area contributed by atoms with Crippen LogP contribution in [0, 0.1) is 0 Å². The van der Waals surface area contributed by atoms with Gasteiger partial charge in [-0.2, -0.15) is 0 Å². The predicted octanol–water partition coefficient (Wildman–Crippen LogP) is 2.93. The Balaban J connectivity index is 1.77. The van der Waals surface area contributed by atoms with Crippen molar-refractivity contribution >= 4 is 28.2 Å². The first-order chi connectivity index (χ1) is 14.1. The fourth-order valence-electron chi connectivity index (χ4n) is 3.46. The maximum absolute atomic E-state index is 12.8. The summed E-state index contributed by atoms with van der Waals surface area (Å²) in [7, 11) is 1.38. The second kappa shape index (κ2) is 9.89. The van der Waals surface area contributed by atoms with Crippen molar-refractivity contribution in [1.82, 2.24) is 0 Å². The van der Waals surface area contributed by atoms with Crippen LogP contribution in [0.25, 0.3) is 0 Å². The number of ether oxygens (including phenoxy) is 2. The van der Waals surface area contributed by atoms with Crippen LogP contribution in [0.2, 0.25) is 0 Å². The zero-order valence-corrected chi connectivity index (χ0v) is 18.1. The van der Waals surface area contributed by atoms with E-state index in [0.29, 0.717) is 22.7 Å². The second-order valence-corrected chi connectivity index (χ2v) is 8.27. The molecule has 2 aromatic rings. The molecule has 2 N–H and O–H groups in total. The number of methoxy groups -OCH3 is 1. The van der Waals surface area contributed by atoms with E-state index in [1.165, 1.54) is 23.3 Å². The third-order valence-electron chi connectivity index (χ3n) is 5.23. The van der Waals surface area contributed by atoms with E-state index in [2.05, 4.69) is 19.2 Å². The van der Waals surface area contributed by atoms with Gasteiger partial charge in [-0.1, -0.05) is 13.3 Å². The Morgan fingerprint density at radius 3 is 2.62 bits per heavy atom. The number of unbranched alkanes of at least 4 members (excludes halogenated alkanes) is 1. The SMILES string of the molecule is CCCCOc1ccc(C(=O)Nc2sc3c(c2C(=O)OC)CC[NH+](CC)C3)cc1. The fraction of sp³-hybridized carbons (Fsp3) is 0.455. The van der Waals surface area contributed by atoms with Crippen LogP contribution >= 0.6 is 11.3 Å². The van der Waals surface area contributed by atoms with E-state index >= 15 is 0 Å². The van der Waals surface area contributed by atoms with Crippen LogP contribution in [-0.4, -0.2) is 38.7 Å². The molecule has 6 nitrogen and oxygen atoms in total. The van der Waals surface area contributed by atoms with Gasteiger partial charge in [0, 0.05) is 12.0 Å². The van der Waals surface area contributed by atoms with Crippen LogP contribution < -0.4 is 15.0 Å². The van der Waals surface area contributed by atoms with Gasteiger partial charge in [0.15, 0.2) is 0 Å². The standard InChI is InChI=1S/C22H28N2O4S/c1-4-6-13-28-16-9-7-15(8-10-16)20(25)23-21-19(22(26)27-3)17-11-12-24(5-2)14-18(17)29-21/h7-10H,4-6,11-14H2,1-3H3,(H,23,25)/p+1. The Morgan fingerprint density at radius 1 is 1.21 bits per heavy atom. The highest BCUT2D eigenvalue weighted by Gasteiger charge is 2.30. The summed E-state index contributed by atoms with van der Waals surface area (Å²) >= 11 is 1.49. The summed E-state index contributed by atoms with van der Waals surface area (Å²) in [6, 6.07) is 7.08. The van der Waals surface area contributed by atoms with Gasteiger partial charge in [-0.15, -0.1) is 11.3 Å². The molecule has 0 bridgehead atoms. The van der Waals surface area contributed by atoms with Gasteiger partial charge in [0.05, 0.1) is 37.2 Å². The Morgan fingerprint density at radius 2 is 1.97 bits per heavy atom. The second-order valence-electron chi connectivity index (χ2n) is 7.16. The highest BCUT2D eigenvalue weighted by molar-refractivity contribution is 7.17. The van der Waals surface area contributed by atoms with E-state index in [0.717, 1.165) is 55.1 Å². The Labute approximate surface area is 175 Å². The third kappa shape index (κ3) is 4.97. The number of hydrogen-bond donors (Lipinski definition) is 2. The molecular formula is C22H29N2O4S+. The Hall–Kier alpha value is -2.38. The molecule has 1 amide bonds. The lowest BCUT2D eigenvalue weighted by Crippen LogP contribution is -3.11. The number of benzene rings is 1. The van der Waals surface area contributed by atoms with Crippen LogP contribution in [-0.2, 0) is 17.7 Å². The van der Waals surface area contributed by atoms with Crippen molar-refractivity contribution in [1.29, 1.82) is 0 Å². The third-order valence-corrected chi connectivity index (χ3v) is 6.38. The van der Waals surface area contributed by atoms with Gasteiger partial charge in [0.25, 0.3) is 5.91 Å². The minimum absolute atomic E-state index is 0.242. The number of nitrogens with one attached hydrogen (secondary N) is 2. The number of anilines is 1. The average Bonchev–Trinajstić information content (AvgIpc) is 3.10. The molecule has 0 aliphatic carbocycles. The number of esters is 1. The lowest BCUT2D eigenvalue weighted by molar-refractivity contribution is -0.913. The summed E-state index contributed by atoms with van der Waals surface area (Å²) in [5.74, 6) is 0.116. The molecule has 0 saturated heterocycles. The topological polar surface area (TPSA) is 69.1 Å². The van der Waals surface area contributed by atoms with E-state index in [-0.39, 0.29) is 5.91 Å². The maximum atomic E-state index is 12.8. The van der Waals surface area contributed by atoms with Gasteiger partial charge < -0.3 is 19.7 Å².